The van der Waals surface area contributed by atoms with Crippen molar-refractivity contribution in [2.24, 2.45) is 0 Å². The molecular formula is C13H17F3N2O2S. The van der Waals surface area contributed by atoms with Gasteiger partial charge in [-0.15, -0.1) is 0 Å². The molecule has 0 heterocycles. The minimum Gasteiger partial charge on any atom is -0.337 e. The molecule has 0 unspecified atom stereocenters. The zero-order valence-electron chi connectivity index (χ0n) is 12.0. The van der Waals surface area contributed by atoms with Crippen LogP contribution >= 0.6 is 0 Å². The van der Waals surface area contributed by atoms with Gasteiger partial charge in [-0.25, -0.2) is 18.0 Å². The third-order valence-corrected chi connectivity index (χ3v) is 4.22. The van der Waals surface area contributed by atoms with E-state index in [1.807, 2.05) is 0 Å². The summed E-state index contributed by atoms with van der Waals surface area (Å²) < 4.78 is 50.1. The van der Waals surface area contributed by atoms with E-state index in [0.29, 0.717) is 0 Å². The van der Waals surface area contributed by atoms with Crippen molar-refractivity contribution in [2.45, 2.75) is 18.7 Å². The number of hydrogen-bond acceptors (Lipinski definition) is 2. The van der Waals surface area contributed by atoms with Gasteiger partial charge >= 0.3 is 6.03 Å². The highest BCUT2D eigenvalue weighted by Crippen LogP contribution is 2.14. The van der Waals surface area contributed by atoms with Crippen molar-refractivity contribution in [1.82, 2.24) is 10.2 Å². The standard InChI is InChI=1S/C13H17F3N2O2S/c1-8(21(3)20)6-17-13(19)18(2)7-9-4-10(14)12(16)11(15)5-9/h4-5,8H,6-7H2,1-3H3,(H,17,19)/t8-,21-/m0/s1. The number of rotatable bonds is 5. The van der Waals surface area contributed by atoms with E-state index in [1.165, 1.54) is 18.2 Å². The second kappa shape index (κ2) is 7.44. The molecule has 1 aromatic rings. The number of hydrogen-bond donors (Lipinski definition) is 1. The van der Waals surface area contributed by atoms with Crippen LogP contribution in [0.3, 0.4) is 0 Å². The summed E-state index contributed by atoms with van der Waals surface area (Å²) in [5.74, 6) is -4.13. The van der Waals surface area contributed by atoms with E-state index in [1.54, 1.807) is 6.92 Å². The Morgan fingerprint density at radius 1 is 1.33 bits per heavy atom. The molecule has 1 aromatic carbocycles. The Kier molecular flexibility index (Phi) is 6.19. The van der Waals surface area contributed by atoms with Gasteiger partial charge in [-0.3, -0.25) is 4.21 Å². The minimum absolute atomic E-state index is 0.0798. The molecule has 1 rings (SSSR count). The molecule has 2 amide bonds. The smallest absolute Gasteiger partial charge is 0.317 e. The van der Waals surface area contributed by atoms with E-state index in [-0.39, 0.29) is 23.9 Å². The lowest BCUT2D eigenvalue weighted by Crippen LogP contribution is -2.40. The molecule has 1 N–H and O–H groups in total. The number of nitrogens with one attached hydrogen (secondary N) is 1. The Bertz CT molecular complexity index is 531. The Labute approximate surface area is 123 Å². The summed E-state index contributed by atoms with van der Waals surface area (Å²) in [5, 5.41) is 2.35. The number of halogens is 3. The molecule has 0 saturated heterocycles. The summed E-state index contributed by atoms with van der Waals surface area (Å²) in [6.07, 6.45) is 1.53. The zero-order chi connectivity index (χ0) is 16.2. The minimum atomic E-state index is -1.54. The topological polar surface area (TPSA) is 49.4 Å². The maximum atomic E-state index is 13.1. The number of amides is 2. The van der Waals surface area contributed by atoms with Crippen molar-refractivity contribution in [3.63, 3.8) is 0 Å². The largest absolute Gasteiger partial charge is 0.337 e. The van der Waals surface area contributed by atoms with E-state index in [9.17, 15) is 22.2 Å². The number of carbonyl (C=O) groups is 1. The van der Waals surface area contributed by atoms with Gasteiger partial charge in [-0.05, 0) is 24.6 Å². The van der Waals surface area contributed by atoms with Crippen molar-refractivity contribution in [2.75, 3.05) is 19.8 Å². The molecule has 21 heavy (non-hydrogen) atoms. The van der Waals surface area contributed by atoms with E-state index in [0.717, 1.165) is 12.1 Å². The van der Waals surface area contributed by atoms with E-state index in [2.05, 4.69) is 5.32 Å². The van der Waals surface area contributed by atoms with Crippen LogP contribution in [0, 0.1) is 17.5 Å². The first kappa shape index (κ1) is 17.5. The van der Waals surface area contributed by atoms with Crippen LogP contribution in [0.2, 0.25) is 0 Å². The quantitative estimate of drug-likeness (QED) is 0.843. The van der Waals surface area contributed by atoms with Gasteiger partial charge in [0.15, 0.2) is 17.5 Å². The van der Waals surface area contributed by atoms with Crippen molar-refractivity contribution in [3.8, 4) is 0 Å². The molecule has 0 radical (unpaired) electrons. The van der Waals surface area contributed by atoms with Crippen molar-refractivity contribution >= 4 is 16.8 Å². The van der Waals surface area contributed by atoms with Crippen molar-refractivity contribution < 1.29 is 22.2 Å². The third-order valence-electron chi connectivity index (χ3n) is 2.92. The Balaban J connectivity index is 2.62. The van der Waals surface area contributed by atoms with Crippen molar-refractivity contribution in [1.29, 1.82) is 0 Å². The van der Waals surface area contributed by atoms with Crippen LogP contribution in [0.25, 0.3) is 0 Å². The molecule has 0 aliphatic rings. The molecule has 4 nitrogen and oxygen atoms in total. The molecule has 0 aromatic heterocycles. The molecular weight excluding hydrogens is 305 g/mol. The van der Waals surface area contributed by atoms with Gasteiger partial charge in [0.05, 0.1) is 0 Å². The molecule has 2 atom stereocenters. The van der Waals surface area contributed by atoms with Crippen molar-refractivity contribution in [3.05, 3.63) is 35.1 Å². The van der Waals surface area contributed by atoms with Gasteiger partial charge in [0.2, 0.25) is 0 Å². The Hall–Kier alpha value is -1.57. The molecule has 0 bridgehead atoms. The van der Waals surface area contributed by atoms with Crippen LogP contribution in [0.5, 0.6) is 0 Å². The summed E-state index contributed by atoms with van der Waals surface area (Å²) in [5.41, 5.74) is 0.135. The fourth-order valence-corrected chi connectivity index (χ4v) is 1.85. The van der Waals surface area contributed by atoms with Gasteiger partial charge in [0, 0.05) is 42.4 Å². The fourth-order valence-electron chi connectivity index (χ4n) is 1.53. The fraction of sp³-hybridized carbons (Fsp3) is 0.462. The molecule has 118 valence electrons. The van der Waals surface area contributed by atoms with Crippen LogP contribution < -0.4 is 5.32 Å². The maximum absolute atomic E-state index is 13.1. The summed E-state index contributed by atoms with van der Waals surface area (Å²) >= 11 is 0. The van der Waals surface area contributed by atoms with E-state index in [4.69, 9.17) is 0 Å². The van der Waals surface area contributed by atoms with E-state index < -0.39 is 34.3 Å². The first-order valence-corrected chi connectivity index (χ1v) is 7.79. The lowest BCUT2D eigenvalue weighted by molar-refractivity contribution is 0.207. The molecule has 0 saturated carbocycles. The monoisotopic (exact) mass is 322 g/mol. The number of benzene rings is 1. The lowest BCUT2D eigenvalue weighted by Gasteiger charge is -2.19. The second-order valence-electron chi connectivity index (χ2n) is 4.72. The SMILES string of the molecule is C[C@@H](CNC(=O)N(C)Cc1cc(F)c(F)c(F)c1)[S@](C)=O. The molecule has 0 aliphatic carbocycles. The zero-order valence-corrected chi connectivity index (χ0v) is 12.8. The summed E-state index contributed by atoms with van der Waals surface area (Å²) in [4.78, 5) is 13.0. The highest BCUT2D eigenvalue weighted by molar-refractivity contribution is 7.84. The van der Waals surface area contributed by atoms with Gasteiger partial charge in [0.1, 0.15) is 0 Å². The van der Waals surface area contributed by atoms with Gasteiger partial charge in [-0.1, -0.05) is 0 Å². The molecule has 8 heteroatoms. The van der Waals surface area contributed by atoms with Crippen LogP contribution in [0.15, 0.2) is 12.1 Å². The predicted molar refractivity (Wildman–Crippen MR) is 74.7 cm³/mol. The second-order valence-corrected chi connectivity index (χ2v) is 6.53. The van der Waals surface area contributed by atoms with Gasteiger partial charge in [-0.2, -0.15) is 0 Å². The summed E-state index contributed by atoms with van der Waals surface area (Å²) in [6.45, 7) is 1.86. The van der Waals surface area contributed by atoms with Crippen LogP contribution in [-0.4, -0.2) is 40.2 Å². The molecule has 0 spiro atoms. The van der Waals surface area contributed by atoms with Gasteiger partial charge in [0.25, 0.3) is 0 Å². The lowest BCUT2D eigenvalue weighted by atomic mass is 10.2. The Morgan fingerprint density at radius 2 is 1.86 bits per heavy atom. The maximum Gasteiger partial charge on any atom is 0.317 e. The van der Waals surface area contributed by atoms with Crippen LogP contribution in [0.1, 0.15) is 12.5 Å². The average molecular weight is 322 g/mol. The normalized spacial score (nSPS) is 13.6. The first-order chi connectivity index (χ1) is 9.72. The average Bonchev–Trinajstić information content (AvgIpc) is 2.41. The highest BCUT2D eigenvalue weighted by atomic mass is 32.2. The molecule has 0 aliphatic heterocycles. The summed E-state index contributed by atoms with van der Waals surface area (Å²) in [7, 11) is 0.372. The number of urea groups is 1. The summed E-state index contributed by atoms with van der Waals surface area (Å²) in [6, 6.07) is 1.20. The Morgan fingerprint density at radius 3 is 2.33 bits per heavy atom. The first-order valence-electron chi connectivity index (χ1n) is 6.17. The number of nitrogens with zero attached hydrogens (tertiary/aromatic N) is 1. The third kappa shape index (κ3) is 5.04. The molecule has 0 fully saturated rings. The van der Waals surface area contributed by atoms with Crippen LogP contribution in [-0.2, 0) is 17.3 Å². The highest BCUT2D eigenvalue weighted by Gasteiger charge is 2.15. The van der Waals surface area contributed by atoms with Gasteiger partial charge < -0.3 is 10.2 Å². The van der Waals surface area contributed by atoms with E-state index >= 15 is 0 Å². The van der Waals surface area contributed by atoms with Crippen LogP contribution in [0.4, 0.5) is 18.0 Å². The number of carbonyl (C=O) groups excluding carboxylic acids is 1. The predicted octanol–water partition coefficient (Wildman–Crippen LogP) is 2.01.